The number of hydrogen-bond acceptors (Lipinski definition) is 2. The van der Waals surface area contributed by atoms with Gasteiger partial charge >= 0.3 is 0 Å². The van der Waals surface area contributed by atoms with Crippen molar-refractivity contribution in [2.75, 3.05) is 18.1 Å². The third kappa shape index (κ3) is 2.06. The predicted molar refractivity (Wildman–Crippen MR) is 75.6 cm³/mol. The number of aliphatic hydroxyl groups is 1. The summed E-state index contributed by atoms with van der Waals surface area (Å²) < 4.78 is 0. The van der Waals surface area contributed by atoms with Gasteiger partial charge in [0, 0.05) is 25.5 Å². The third-order valence-corrected chi connectivity index (χ3v) is 4.48. The van der Waals surface area contributed by atoms with Crippen molar-refractivity contribution in [3.8, 4) is 0 Å². The molecule has 0 saturated heterocycles. The van der Waals surface area contributed by atoms with Crippen LogP contribution in [0.2, 0.25) is 0 Å². The second-order valence-electron chi connectivity index (χ2n) is 5.62. The van der Waals surface area contributed by atoms with Crippen LogP contribution in [0.15, 0.2) is 12.1 Å². The van der Waals surface area contributed by atoms with E-state index in [9.17, 15) is 9.90 Å². The molecule has 0 radical (unpaired) electrons. The number of benzene rings is 1. The standard InChI is InChI=1S/C16H21NO2/c1-2-11(10-18)14-8-12-4-3-7-17-15(19)6-5-13(9-14)16(12)17/h8-9,11,18H,2-7,10H2,1H3. The summed E-state index contributed by atoms with van der Waals surface area (Å²) in [5.74, 6) is 0.505. The van der Waals surface area contributed by atoms with Gasteiger partial charge in [-0.25, -0.2) is 0 Å². The molecule has 3 heteroatoms. The van der Waals surface area contributed by atoms with Gasteiger partial charge in [-0.15, -0.1) is 0 Å². The molecule has 2 heterocycles. The first-order valence-corrected chi connectivity index (χ1v) is 7.31. The molecule has 0 aliphatic carbocycles. The molecular formula is C16H21NO2. The van der Waals surface area contributed by atoms with Crippen LogP contribution in [-0.2, 0) is 17.6 Å². The van der Waals surface area contributed by atoms with Crippen molar-refractivity contribution in [3.63, 3.8) is 0 Å². The van der Waals surface area contributed by atoms with Gasteiger partial charge < -0.3 is 10.0 Å². The summed E-state index contributed by atoms with van der Waals surface area (Å²) in [5, 5.41) is 9.49. The molecule has 0 bridgehead atoms. The molecule has 1 aromatic carbocycles. The zero-order valence-electron chi connectivity index (χ0n) is 11.5. The van der Waals surface area contributed by atoms with Crippen LogP contribution in [0.5, 0.6) is 0 Å². The van der Waals surface area contributed by atoms with Crippen LogP contribution in [0, 0.1) is 0 Å². The first-order chi connectivity index (χ1) is 9.24. The van der Waals surface area contributed by atoms with Crippen LogP contribution in [0.1, 0.15) is 48.8 Å². The van der Waals surface area contributed by atoms with E-state index in [1.807, 2.05) is 4.90 Å². The van der Waals surface area contributed by atoms with E-state index in [2.05, 4.69) is 19.1 Å². The maximum Gasteiger partial charge on any atom is 0.227 e. The maximum atomic E-state index is 12.0. The van der Waals surface area contributed by atoms with Crippen LogP contribution < -0.4 is 4.90 Å². The Kier molecular flexibility index (Phi) is 3.31. The van der Waals surface area contributed by atoms with E-state index >= 15 is 0 Å². The smallest absolute Gasteiger partial charge is 0.227 e. The van der Waals surface area contributed by atoms with Crippen molar-refractivity contribution >= 4 is 11.6 Å². The van der Waals surface area contributed by atoms with E-state index < -0.39 is 0 Å². The number of rotatable bonds is 3. The number of aryl methyl sites for hydroxylation is 2. The topological polar surface area (TPSA) is 40.5 Å². The highest BCUT2D eigenvalue weighted by molar-refractivity contribution is 5.97. The summed E-state index contributed by atoms with van der Waals surface area (Å²) in [6.45, 7) is 3.19. The fourth-order valence-electron chi connectivity index (χ4n) is 3.39. The summed E-state index contributed by atoms with van der Waals surface area (Å²) in [7, 11) is 0. The van der Waals surface area contributed by atoms with Gasteiger partial charge in [-0.1, -0.05) is 19.1 Å². The SMILES string of the molecule is CCC(CO)c1cc2c3c(c1)CCC(=O)N3CCC2. The van der Waals surface area contributed by atoms with Crippen molar-refractivity contribution in [2.24, 2.45) is 0 Å². The summed E-state index contributed by atoms with van der Waals surface area (Å²) in [6.07, 6.45) is 4.55. The molecule has 0 aromatic heterocycles. The Hall–Kier alpha value is -1.35. The molecule has 2 aliphatic heterocycles. The second-order valence-corrected chi connectivity index (χ2v) is 5.62. The minimum Gasteiger partial charge on any atom is -0.396 e. The van der Waals surface area contributed by atoms with Crippen molar-refractivity contribution in [1.29, 1.82) is 0 Å². The molecule has 1 amide bonds. The normalized spacial score (nSPS) is 19.3. The fourth-order valence-corrected chi connectivity index (χ4v) is 3.39. The summed E-state index contributed by atoms with van der Waals surface area (Å²) in [6, 6.07) is 4.43. The average molecular weight is 259 g/mol. The van der Waals surface area contributed by atoms with Crippen LogP contribution in [0.3, 0.4) is 0 Å². The van der Waals surface area contributed by atoms with E-state index in [1.165, 1.54) is 22.4 Å². The molecule has 0 fully saturated rings. The highest BCUT2D eigenvalue weighted by Gasteiger charge is 2.30. The molecule has 2 aliphatic rings. The lowest BCUT2D eigenvalue weighted by atomic mass is 9.86. The molecule has 0 spiro atoms. The lowest BCUT2D eigenvalue weighted by molar-refractivity contribution is -0.119. The van der Waals surface area contributed by atoms with Crippen molar-refractivity contribution in [1.82, 2.24) is 0 Å². The number of hydrogen-bond donors (Lipinski definition) is 1. The number of carbonyl (C=O) groups excluding carboxylic acids is 1. The highest BCUT2D eigenvalue weighted by atomic mass is 16.3. The number of carbonyl (C=O) groups is 1. The third-order valence-electron chi connectivity index (χ3n) is 4.48. The Labute approximate surface area is 114 Å². The minimum atomic E-state index is 0.206. The fraction of sp³-hybridized carbons (Fsp3) is 0.562. The molecule has 3 nitrogen and oxygen atoms in total. The first-order valence-electron chi connectivity index (χ1n) is 7.31. The van der Waals surface area contributed by atoms with Crippen LogP contribution >= 0.6 is 0 Å². The molecule has 102 valence electrons. The average Bonchev–Trinajstić information content (AvgIpc) is 2.44. The summed E-state index contributed by atoms with van der Waals surface area (Å²) >= 11 is 0. The highest BCUT2D eigenvalue weighted by Crippen LogP contribution is 2.38. The predicted octanol–water partition coefficient (Wildman–Crippen LogP) is 2.40. The number of anilines is 1. The number of amides is 1. The Bertz CT molecular complexity index is 488. The Morgan fingerprint density at radius 1 is 1.26 bits per heavy atom. The quantitative estimate of drug-likeness (QED) is 0.905. The van der Waals surface area contributed by atoms with Crippen LogP contribution in [0.25, 0.3) is 0 Å². The van der Waals surface area contributed by atoms with Gasteiger partial charge in [0.1, 0.15) is 0 Å². The van der Waals surface area contributed by atoms with Crippen LogP contribution in [0.4, 0.5) is 5.69 Å². The van der Waals surface area contributed by atoms with E-state index in [0.29, 0.717) is 6.42 Å². The molecular weight excluding hydrogens is 238 g/mol. The van der Waals surface area contributed by atoms with E-state index in [0.717, 1.165) is 32.2 Å². The van der Waals surface area contributed by atoms with Gasteiger partial charge in [-0.3, -0.25) is 4.79 Å². The molecule has 19 heavy (non-hydrogen) atoms. The largest absolute Gasteiger partial charge is 0.396 e. The van der Waals surface area contributed by atoms with Crippen molar-refractivity contribution in [2.45, 2.75) is 44.9 Å². The Morgan fingerprint density at radius 3 is 2.68 bits per heavy atom. The maximum absolute atomic E-state index is 12.0. The van der Waals surface area contributed by atoms with Gasteiger partial charge in [0.15, 0.2) is 0 Å². The molecule has 0 saturated carbocycles. The minimum absolute atomic E-state index is 0.206. The number of aliphatic hydroxyl groups excluding tert-OH is 1. The van der Waals surface area contributed by atoms with Crippen molar-refractivity contribution in [3.05, 3.63) is 28.8 Å². The van der Waals surface area contributed by atoms with E-state index in [-0.39, 0.29) is 18.4 Å². The van der Waals surface area contributed by atoms with Crippen LogP contribution in [-0.4, -0.2) is 24.2 Å². The van der Waals surface area contributed by atoms with Gasteiger partial charge in [-0.05, 0) is 42.4 Å². The zero-order valence-corrected chi connectivity index (χ0v) is 11.5. The monoisotopic (exact) mass is 259 g/mol. The van der Waals surface area contributed by atoms with Gasteiger partial charge in [0.05, 0.1) is 5.69 Å². The molecule has 3 rings (SSSR count). The Morgan fingerprint density at radius 2 is 2.00 bits per heavy atom. The molecule has 1 unspecified atom stereocenters. The first kappa shape index (κ1) is 12.7. The zero-order chi connectivity index (χ0) is 13.4. The van der Waals surface area contributed by atoms with Gasteiger partial charge in [0.2, 0.25) is 5.91 Å². The molecule has 1 N–H and O–H groups in total. The van der Waals surface area contributed by atoms with E-state index in [1.54, 1.807) is 0 Å². The summed E-state index contributed by atoms with van der Waals surface area (Å²) in [5.41, 5.74) is 5.03. The van der Waals surface area contributed by atoms with Gasteiger partial charge in [-0.2, -0.15) is 0 Å². The lowest BCUT2D eigenvalue weighted by Crippen LogP contribution is -2.39. The second kappa shape index (κ2) is 4.97. The summed E-state index contributed by atoms with van der Waals surface area (Å²) in [4.78, 5) is 14.0. The van der Waals surface area contributed by atoms with E-state index in [4.69, 9.17) is 0 Å². The van der Waals surface area contributed by atoms with Gasteiger partial charge in [0.25, 0.3) is 0 Å². The Balaban J connectivity index is 2.08. The lowest BCUT2D eigenvalue weighted by Gasteiger charge is -2.36. The van der Waals surface area contributed by atoms with Crippen molar-refractivity contribution < 1.29 is 9.90 Å². The molecule has 1 atom stereocenters. The molecule has 1 aromatic rings. The number of nitrogens with zero attached hydrogens (tertiary/aromatic N) is 1.